The van der Waals surface area contributed by atoms with E-state index in [0.29, 0.717) is 28.8 Å². The number of nitrogens with zero attached hydrogens (tertiary/aromatic N) is 4. The van der Waals surface area contributed by atoms with Gasteiger partial charge in [0.05, 0.1) is 17.1 Å². The molecule has 0 saturated carbocycles. The topological polar surface area (TPSA) is 84.7 Å². The molecule has 0 unspecified atom stereocenters. The summed E-state index contributed by atoms with van der Waals surface area (Å²) in [4.78, 5) is 16.1. The van der Waals surface area contributed by atoms with Crippen LogP contribution in [-0.2, 0) is 13.1 Å². The summed E-state index contributed by atoms with van der Waals surface area (Å²) in [5.41, 5.74) is 0.400. The fraction of sp³-hybridized carbons (Fsp3) is 0.333. The van der Waals surface area contributed by atoms with Crippen LogP contribution in [0.1, 0.15) is 23.1 Å². The van der Waals surface area contributed by atoms with Crippen molar-refractivity contribution in [2.45, 2.75) is 20.0 Å². The van der Waals surface area contributed by atoms with Crippen molar-refractivity contribution < 1.29 is 4.79 Å². The Morgan fingerprint density at radius 2 is 2.30 bits per heavy atom. The van der Waals surface area contributed by atoms with E-state index >= 15 is 0 Å². The molecule has 2 aromatic heterocycles. The molecule has 106 valence electrons. The molecule has 0 spiro atoms. The third-order valence-corrected chi connectivity index (χ3v) is 3.07. The maximum absolute atomic E-state index is 12.0. The molecule has 0 bridgehead atoms. The van der Waals surface area contributed by atoms with Crippen LogP contribution < -0.4 is 10.6 Å². The van der Waals surface area contributed by atoms with Crippen molar-refractivity contribution in [1.29, 1.82) is 0 Å². The molecule has 0 atom stereocenters. The van der Waals surface area contributed by atoms with Gasteiger partial charge in [-0.25, -0.2) is 4.98 Å². The molecule has 0 aromatic carbocycles. The highest BCUT2D eigenvalue weighted by Crippen LogP contribution is 2.19. The summed E-state index contributed by atoms with van der Waals surface area (Å²) in [6.45, 7) is 3.04. The lowest BCUT2D eigenvalue weighted by Gasteiger charge is -2.07. The van der Waals surface area contributed by atoms with E-state index in [0.717, 1.165) is 6.54 Å². The minimum absolute atomic E-state index is 0.257. The standard InChI is InChI=1S/C12H15ClN6O/c1-3-19-7-17-18-10(19)6-16-12(20)8-4-9(13)11(14-2)15-5-8/h4-5,7H,3,6H2,1-2H3,(H,14,15)(H,16,20). The largest absolute Gasteiger partial charge is 0.372 e. The maximum Gasteiger partial charge on any atom is 0.253 e. The van der Waals surface area contributed by atoms with E-state index in [4.69, 9.17) is 11.6 Å². The number of carbonyl (C=O) groups excluding carboxylic acids is 1. The monoisotopic (exact) mass is 294 g/mol. The number of anilines is 1. The molecule has 2 N–H and O–H groups in total. The van der Waals surface area contributed by atoms with Gasteiger partial charge in [0, 0.05) is 19.8 Å². The average molecular weight is 295 g/mol. The Hall–Kier alpha value is -2.15. The lowest BCUT2D eigenvalue weighted by Crippen LogP contribution is -2.24. The quantitative estimate of drug-likeness (QED) is 0.869. The number of amides is 1. The van der Waals surface area contributed by atoms with Crippen molar-refractivity contribution in [2.75, 3.05) is 12.4 Å². The van der Waals surface area contributed by atoms with Crippen molar-refractivity contribution in [2.24, 2.45) is 0 Å². The van der Waals surface area contributed by atoms with Crippen LogP contribution >= 0.6 is 11.6 Å². The number of pyridine rings is 1. The Bertz CT molecular complexity index is 612. The molecule has 7 nitrogen and oxygen atoms in total. The number of halogens is 1. The predicted molar refractivity (Wildman–Crippen MR) is 75.7 cm³/mol. The van der Waals surface area contributed by atoms with E-state index in [-0.39, 0.29) is 5.91 Å². The summed E-state index contributed by atoms with van der Waals surface area (Å²) in [6, 6.07) is 1.57. The minimum atomic E-state index is -0.257. The van der Waals surface area contributed by atoms with Gasteiger partial charge in [-0.05, 0) is 13.0 Å². The van der Waals surface area contributed by atoms with E-state index < -0.39 is 0 Å². The average Bonchev–Trinajstić information content (AvgIpc) is 2.92. The highest BCUT2D eigenvalue weighted by Gasteiger charge is 2.10. The molecular weight excluding hydrogens is 280 g/mol. The summed E-state index contributed by atoms with van der Waals surface area (Å²) in [7, 11) is 1.71. The molecule has 0 radical (unpaired) electrons. The van der Waals surface area contributed by atoms with Crippen LogP contribution in [0.25, 0.3) is 0 Å². The van der Waals surface area contributed by atoms with Crippen LogP contribution in [0.5, 0.6) is 0 Å². The SMILES string of the molecule is CCn1cnnc1CNC(=O)c1cnc(NC)c(Cl)c1. The Labute approximate surface area is 121 Å². The first-order valence-electron chi connectivity index (χ1n) is 6.13. The number of carbonyl (C=O) groups is 1. The van der Waals surface area contributed by atoms with Crippen LogP contribution in [0.2, 0.25) is 5.02 Å². The van der Waals surface area contributed by atoms with Crippen molar-refractivity contribution in [1.82, 2.24) is 25.1 Å². The van der Waals surface area contributed by atoms with Crippen LogP contribution in [0, 0.1) is 0 Å². The zero-order chi connectivity index (χ0) is 14.5. The van der Waals surface area contributed by atoms with Gasteiger partial charge in [-0.3, -0.25) is 4.79 Å². The van der Waals surface area contributed by atoms with Crippen molar-refractivity contribution in [3.63, 3.8) is 0 Å². The Morgan fingerprint density at radius 3 is 2.95 bits per heavy atom. The van der Waals surface area contributed by atoms with Crippen molar-refractivity contribution in [3.8, 4) is 0 Å². The zero-order valence-electron chi connectivity index (χ0n) is 11.2. The van der Waals surface area contributed by atoms with E-state index in [1.54, 1.807) is 19.4 Å². The molecule has 20 heavy (non-hydrogen) atoms. The maximum atomic E-state index is 12.0. The number of nitrogens with one attached hydrogen (secondary N) is 2. The first-order chi connectivity index (χ1) is 9.65. The van der Waals surface area contributed by atoms with Gasteiger partial charge in [-0.15, -0.1) is 10.2 Å². The van der Waals surface area contributed by atoms with Gasteiger partial charge in [0.1, 0.15) is 12.1 Å². The Morgan fingerprint density at radius 1 is 1.50 bits per heavy atom. The first kappa shape index (κ1) is 14.3. The number of rotatable bonds is 5. The zero-order valence-corrected chi connectivity index (χ0v) is 12.0. The molecule has 0 aliphatic heterocycles. The molecule has 0 fully saturated rings. The normalized spacial score (nSPS) is 10.3. The molecule has 2 rings (SSSR count). The molecular formula is C12H15ClN6O. The number of hydrogen-bond donors (Lipinski definition) is 2. The highest BCUT2D eigenvalue weighted by molar-refractivity contribution is 6.33. The third kappa shape index (κ3) is 3.05. The van der Waals surface area contributed by atoms with Crippen molar-refractivity contribution >= 4 is 23.3 Å². The summed E-state index contributed by atoms with van der Waals surface area (Å²) in [5.74, 6) is 0.980. The second-order valence-electron chi connectivity index (χ2n) is 4.02. The van der Waals surface area contributed by atoms with E-state index in [9.17, 15) is 4.79 Å². The fourth-order valence-corrected chi connectivity index (χ4v) is 1.95. The number of aryl methyl sites for hydroxylation is 1. The van der Waals surface area contributed by atoms with Gasteiger partial charge in [0.15, 0.2) is 5.82 Å². The second-order valence-corrected chi connectivity index (χ2v) is 4.43. The lowest BCUT2D eigenvalue weighted by atomic mass is 10.2. The highest BCUT2D eigenvalue weighted by atomic mass is 35.5. The van der Waals surface area contributed by atoms with Crippen LogP contribution in [0.3, 0.4) is 0 Å². The third-order valence-electron chi connectivity index (χ3n) is 2.78. The summed E-state index contributed by atoms with van der Waals surface area (Å²) in [5, 5.41) is 13.7. The molecule has 8 heteroatoms. The van der Waals surface area contributed by atoms with Gasteiger partial charge in [-0.1, -0.05) is 11.6 Å². The fourth-order valence-electron chi connectivity index (χ4n) is 1.69. The van der Waals surface area contributed by atoms with Gasteiger partial charge in [0.25, 0.3) is 5.91 Å². The molecule has 0 saturated heterocycles. The number of hydrogen-bond acceptors (Lipinski definition) is 5. The molecule has 1 amide bonds. The summed E-state index contributed by atoms with van der Waals surface area (Å²) < 4.78 is 1.86. The smallest absolute Gasteiger partial charge is 0.253 e. The van der Waals surface area contributed by atoms with E-state index in [2.05, 4.69) is 25.8 Å². The van der Waals surface area contributed by atoms with Gasteiger partial charge >= 0.3 is 0 Å². The minimum Gasteiger partial charge on any atom is -0.372 e. The first-order valence-corrected chi connectivity index (χ1v) is 6.51. The van der Waals surface area contributed by atoms with Gasteiger partial charge in [0.2, 0.25) is 0 Å². The van der Waals surface area contributed by atoms with Gasteiger partial charge < -0.3 is 15.2 Å². The number of aromatic nitrogens is 4. The Kier molecular flexibility index (Phi) is 4.52. The van der Waals surface area contributed by atoms with Crippen molar-refractivity contribution in [3.05, 3.63) is 35.0 Å². The van der Waals surface area contributed by atoms with Gasteiger partial charge in [-0.2, -0.15) is 0 Å². The van der Waals surface area contributed by atoms with Crippen LogP contribution in [0.15, 0.2) is 18.6 Å². The molecule has 0 aliphatic carbocycles. The molecule has 0 aliphatic rings. The predicted octanol–water partition coefficient (Wildman–Crippen LogP) is 1.32. The van der Waals surface area contributed by atoms with E-state index in [1.807, 2.05) is 11.5 Å². The lowest BCUT2D eigenvalue weighted by molar-refractivity contribution is 0.0949. The second kappa shape index (κ2) is 6.33. The summed E-state index contributed by atoms with van der Waals surface area (Å²) >= 11 is 5.99. The molecule has 2 aromatic rings. The summed E-state index contributed by atoms with van der Waals surface area (Å²) in [6.07, 6.45) is 3.10. The van der Waals surface area contributed by atoms with Crippen LogP contribution in [0.4, 0.5) is 5.82 Å². The van der Waals surface area contributed by atoms with Crippen LogP contribution in [-0.4, -0.2) is 32.7 Å². The molecule has 2 heterocycles. The van der Waals surface area contributed by atoms with E-state index in [1.165, 1.54) is 6.20 Å². The Balaban J connectivity index is 2.03.